The highest BCUT2D eigenvalue weighted by Crippen LogP contribution is 2.32. The first-order valence-electron chi connectivity index (χ1n) is 9.18. The number of aromatic nitrogens is 2. The fraction of sp³-hybridized carbons (Fsp3) is 0.632. The number of nitrogens with one attached hydrogen (secondary N) is 1. The van der Waals surface area contributed by atoms with Gasteiger partial charge in [-0.2, -0.15) is 0 Å². The van der Waals surface area contributed by atoms with Gasteiger partial charge in [-0.3, -0.25) is 4.79 Å². The van der Waals surface area contributed by atoms with Crippen molar-refractivity contribution in [3.8, 4) is 5.88 Å². The molecule has 1 saturated carbocycles. The molecular weight excluding hydrogens is 350 g/mol. The van der Waals surface area contributed by atoms with E-state index in [9.17, 15) is 4.79 Å². The maximum absolute atomic E-state index is 11.0. The maximum atomic E-state index is 11.0. The van der Waals surface area contributed by atoms with Gasteiger partial charge in [-0.15, -0.1) is 11.3 Å². The van der Waals surface area contributed by atoms with Gasteiger partial charge in [0.05, 0.1) is 35.2 Å². The van der Waals surface area contributed by atoms with Crippen LogP contribution in [0.1, 0.15) is 51.5 Å². The molecule has 2 heterocycles. The second-order valence-electron chi connectivity index (χ2n) is 7.40. The molecule has 1 N–H and O–H groups in total. The molecule has 1 aliphatic rings. The Morgan fingerprint density at radius 1 is 1.38 bits per heavy atom. The van der Waals surface area contributed by atoms with Gasteiger partial charge in [-0.05, 0) is 25.7 Å². The molecule has 0 saturated heterocycles. The SMILES string of the molecule is CC(=O)N[C@@H](C)COC1CC(COc2cc3sc(C(C)C)nc3cn2)C1. The van der Waals surface area contributed by atoms with Crippen LogP contribution in [0.3, 0.4) is 0 Å². The van der Waals surface area contributed by atoms with E-state index in [1.165, 1.54) is 6.92 Å². The summed E-state index contributed by atoms with van der Waals surface area (Å²) in [5.41, 5.74) is 0.941. The third kappa shape index (κ3) is 4.92. The van der Waals surface area contributed by atoms with Gasteiger partial charge in [0.1, 0.15) is 5.52 Å². The van der Waals surface area contributed by atoms with Gasteiger partial charge in [-0.1, -0.05) is 13.8 Å². The highest BCUT2D eigenvalue weighted by molar-refractivity contribution is 7.18. The van der Waals surface area contributed by atoms with Crippen LogP contribution >= 0.6 is 11.3 Å². The summed E-state index contributed by atoms with van der Waals surface area (Å²) in [5, 5.41) is 3.96. The monoisotopic (exact) mass is 377 g/mol. The Bertz CT molecular complexity index is 756. The van der Waals surface area contributed by atoms with E-state index in [2.05, 4.69) is 29.1 Å². The second-order valence-corrected chi connectivity index (χ2v) is 8.46. The van der Waals surface area contributed by atoms with E-state index < -0.39 is 0 Å². The van der Waals surface area contributed by atoms with Crippen molar-refractivity contribution >= 4 is 27.5 Å². The molecule has 1 atom stereocenters. The molecule has 1 aliphatic carbocycles. The first kappa shape index (κ1) is 19.0. The molecule has 0 aromatic carbocycles. The predicted molar refractivity (Wildman–Crippen MR) is 103 cm³/mol. The molecule has 0 bridgehead atoms. The minimum Gasteiger partial charge on any atom is -0.477 e. The standard InChI is InChI=1S/C19H27N3O3S/c1-11(2)19-22-16-8-20-18(7-17(16)26-19)25-10-14-5-15(6-14)24-9-12(3)21-13(4)23/h7-8,11-12,14-15H,5-6,9-10H2,1-4H3,(H,21,23)/t12-,14?,15?/m0/s1. The second kappa shape index (κ2) is 8.31. The highest BCUT2D eigenvalue weighted by atomic mass is 32.1. The molecule has 6 nitrogen and oxygen atoms in total. The van der Waals surface area contributed by atoms with Crippen molar-refractivity contribution in [1.82, 2.24) is 15.3 Å². The Hall–Kier alpha value is -1.73. The summed E-state index contributed by atoms with van der Waals surface area (Å²) in [6, 6.07) is 2.04. The Morgan fingerprint density at radius 2 is 2.15 bits per heavy atom. The van der Waals surface area contributed by atoms with E-state index in [1.54, 1.807) is 17.5 Å². The maximum Gasteiger partial charge on any atom is 0.217 e. The van der Waals surface area contributed by atoms with E-state index >= 15 is 0 Å². The van der Waals surface area contributed by atoms with Crippen LogP contribution in [0.25, 0.3) is 10.2 Å². The number of hydrogen-bond donors (Lipinski definition) is 1. The fourth-order valence-corrected chi connectivity index (χ4v) is 3.94. The lowest BCUT2D eigenvalue weighted by Crippen LogP contribution is -2.40. The molecule has 0 unspecified atom stereocenters. The van der Waals surface area contributed by atoms with Gasteiger partial charge in [0.2, 0.25) is 11.8 Å². The average Bonchev–Trinajstić information content (AvgIpc) is 2.95. The zero-order chi connectivity index (χ0) is 18.7. The van der Waals surface area contributed by atoms with Crippen LogP contribution in [0, 0.1) is 5.92 Å². The summed E-state index contributed by atoms with van der Waals surface area (Å²) in [7, 11) is 0. The van der Waals surface area contributed by atoms with E-state index in [0.717, 1.165) is 28.1 Å². The quantitative estimate of drug-likeness (QED) is 0.762. The van der Waals surface area contributed by atoms with E-state index in [4.69, 9.17) is 9.47 Å². The largest absolute Gasteiger partial charge is 0.477 e. The summed E-state index contributed by atoms with van der Waals surface area (Å²) in [6.07, 6.45) is 4.05. The molecule has 3 rings (SSSR count). The van der Waals surface area contributed by atoms with Crippen LogP contribution in [0.5, 0.6) is 5.88 Å². The number of fused-ring (bicyclic) bond motifs is 1. The van der Waals surface area contributed by atoms with E-state index in [1.807, 2.05) is 13.0 Å². The number of carbonyl (C=O) groups excluding carboxylic acids is 1. The fourth-order valence-electron chi connectivity index (χ4n) is 2.98. The van der Waals surface area contributed by atoms with Crippen molar-refractivity contribution < 1.29 is 14.3 Å². The third-order valence-corrected chi connectivity index (χ3v) is 5.77. The number of amides is 1. The summed E-state index contributed by atoms with van der Waals surface area (Å²) < 4.78 is 12.8. The lowest BCUT2D eigenvalue weighted by atomic mass is 9.83. The van der Waals surface area contributed by atoms with Crippen LogP contribution in [-0.4, -0.2) is 41.2 Å². The van der Waals surface area contributed by atoms with Crippen LogP contribution in [-0.2, 0) is 9.53 Å². The zero-order valence-electron chi connectivity index (χ0n) is 15.8. The first-order chi connectivity index (χ1) is 12.4. The molecular formula is C19H27N3O3S. The molecule has 2 aromatic rings. The summed E-state index contributed by atoms with van der Waals surface area (Å²) in [5.74, 6) is 1.57. The van der Waals surface area contributed by atoms with Gasteiger partial charge >= 0.3 is 0 Å². The Labute approximate surface area is 158 Å². The number of pyridine rings is 1. The number of nitrogens with zero attached hydrogens (tertiary/aromatic N) is 2. The molecule has 7 heteroatoms. The van der Waals surface area contributed by atoms with Gasteiger partial charge in [0.25, 0.3) is 0 Å². The molecule has 0 aliphatic heterocycles. The number of rotatable bonds is 8. The highest BCUT2D eigenvalue weighted by Gasteiger charge is 2.30. The lowest BCUT2D eigenvalue weighted by molar-refractivity contribution is -0.120. The molecule has 1 amide bonds. The van der Waals surface area contributed by atoms with Crippen molar-refractivity contribution in [2.24, 2.45) is 5.92 Å². The van der Waals surface area contributed by atoms with Gasteiger partial charge in [0.15, 0.2) is 0 Å². The van der Waals surface area contributed by atoms with E-state index in [0.29, 0.717) is 30.9 Å². The average molecular weight is 378 g/mol. The normalized spacial score (nSPS) is 20.8. The third-order valence-electron chi connectivity index (χ3n) is 4.45. The summed E-state index contributed by atoms with van der Waals surface area (Å²) in [6.45, 7) is 8.99. The number of ether oxygens (including phenoxy) is 2. The summed E-state index contributed by atoms with van der Waals surface area (Å²) >= 11 is 1.71. The molecule has 142 valence electrons. The topological polar surface area (TPSA) is 73.3 Å². The van der Waals surface area contributed by atoms with Crippen molar-refractivity contribution in [1.29, 1.82) is 0 Å². The molecule has 0 spiro atoms. The first-order valence-corrected chi connectivity index (χ1v) is 10.00. The van der Waals surface area contributed by atoms with Gasteiger partial charge in [-0.25, -0.2) is 9.97 Å². The van der Waals surface area contributed by atoms with Crippen LogP contribution in [0.2, 0.25) is 0 Å². The van der Waals surface area contributed by atoms with E-state index in [-0.39, 0.29) is 18.1 Å². The molecule has 26 heavy (non-hydrogen) atoms. The molecule has 0 radical (unpaired) electrons. The van der Waals surface area contributed by atoms with Crippen LogP contribution < -0.4 is 10.1 Å². The minimum absolute atomic E-state index is 0.0214. The minimum atomic E-state index is -0.0214. The Morgan fingerprint density at radius 3 is 2.85 bits per heavy atom. The van der Waals surface area contributed by atoms with Gasteiger partial charge in [0, 0.05) is 24.9 Å². The summed E-state index contributed by atoms with van der Waals surface area (Å²) in [4.78, 5) is 19.9. The number of carbonyl (C=O) groups is 1. The zero-order valence-corrected chi connectivity index (χ0v) is 16.6. The van der Waals surface area contributed by atoms with Gasteiger partial charge < -0.3 is 14.8 Å². The lowest BCUT2D eigenvalue weighted by Gasteiger charge is -2.35. The Balaban J connectivity index is 1.40. The predicted octanol–water partition coefficient (Wildman–Crippen LogP) is 3.51. The van der Waals surface area contributed by atoms with Crippen molar-refractivity contribution in [3.63, 3.8) is 0 Å². The van der Waals surface area contributed by atoms with Crippen molar-refractivity contribution in [2.75, 3.05) is 13.2 Å². The van der Waals surface area contributed by atoms with Crippen LogP contribution in [0.4, 0.5) is 0 Å². The smallest absolute Gasteiger partial charge is 0.217 e. The molecule has 1 fully saturated rings. The van der Waals surface area contributed by atoms with Crippen LogP contribution in [0.15, 0.2) is 12.3 Å². The van der Waals surface area contributed by atoms with Crippen molar-refractivity contribution in [3.05, 3.63) is 17.3 Å². The number of hydrogen-bond acceptors (Lipinski definition) is 6. The number of thiazole rings is 1. The Kier molecular flexibility index (Phi) is 6.09. The molecule has 2 aromatic heterocycles. The van der Waals surface area contributed by atoms with Crippen molar-refractivity contribution in [2.45, 2.75) is 58.6 Å².